The molecule has 0 bridgehead atoms. The van der Waals surface area contributed by atoms with Crippen LogP contribution in [0.5, 0.6) is 0 Å². The summed E-state index contributed by atoms with van der Waals surface area (Å²) < 4.78 is 4.90. The van der Waals surface area contributed by atoms with Crippen LogP contribution in [0.15, 0.2) is 23.9 Å². The maximum atomic E-state index is 11.8. The molecule has 1 heterocycles. The molecule has 2 aliphatic rings. The molecule has 1 amide bonds. The number of nitrogens with zero attached hydrogens (tertiary/aromatic N) is 1. The number of rotatable bonds is 3. The van der Waals surface area contributed by atoms with Crippen molar-refractivity contribution in [3.8, 4) is 0 Å². The largest absolute Gasteiger partial charge is 0.465 e. The monoisotopic (exact) mass is 266 g/mol. The molecule has 1 aliphatic carbocycles. The number of esters is 1. The highest BCUT2D eigenvalue weighted by Crippen LogP contribution is 2.27. The number of ether oxygens (including phenoxy) is 1. The van der Waals surface area contributed by atoms with E-state index in [-0.39, 0.29) is 29.5 Å². The molecule has 1 fully saturated rings. The van der Waals surface area contributed by atoms with Crippen LogP contribution in [-0.2, 0) is 14.3 Å². The molecule has 6 heteroatoms. The van der Waals surface area contributed by atoms with E-state index in [1.807, 2.05) is 18.2 Å². The molecule has 0 aromatic heterocycles. The summed E-state index contributed by atoms with van der Waals surface area (Å²) in [7, 11) is 0. The van der Waals surface area contributed by atoms with Gasteiger partial charge in [-0.25, -0.2) is 0 Å². The van der Waals surface area contributed by atoms with E-state index < -0.39 is 0 Å². The minimum Gasteiger partial charge on any atom is -0.465 e. The molecule has 5 nitrogen and oxygen atoms in total. The van der Waals surface area contributed by atoms with Gasteiger partial charge < -0.3 is 15.0 Å². The maximum absolute atomic E-state index is 11.8. The van der Waals surface area contributed by atoms with Gasteiger partial charge in [0.1, 0.15) is 6.54 Å². The molecular weight excluding hydrogens is 252 g/mol. The van der Waals surface area contributed by atoms with E-state index in [9.17, 15) is 9.59 Å². The number of hydrogen-bond donors (Lipinski definition) is 1. The van der Waals surface area contributed by atoms with Crippen molar-refractivity contribution in [2.75, 3.05) is 13.2 Å². The summed E-state index contributed by atoms with van der Waals surface area (Å²) in [4.78, 5) is 24.9. The normalized spacial score (nSPS) is 22.2. The lowest BCUT2D eigenvalue weighted by Crippen LogP contribution is -2.54. The average Bonchev–Trinajstić information content (AvgIpc) is 2.35. The van der Waals surface area contributed by atoms with Gasteiger partial charge in [-0.1, -0.05) is 12.2 Å². The first-order valence-electron chi connectivity index (χ1n) is 5.78. The van der Waals surface area contributed by atoms with Crippen molar-refractivity contribution in [1.82, 2.24) is 10.2 Å². The van der Waals surface area contributed by atoms with Crippen LogP contribution in [0.3, 0.4) is 0 Å². The molecule has 2 rings (SSSR count). The van der Waals surface area contributed by atoms with Crippen molar-refractivity contribution in [1.29, 1.82) is 0 Å². The average molecular weight is 266 g/mol. The van der Waals surface area contributed by atoms with Gasteiger partial charge in [0.15, 0.2) is 5.11 Å². The van der Waals surface area contributed by atoms with Crippen LogP contribution >= 0.6 is 12.2 Å². The minimum absolute atomic E-state index is 0.0309. The van der Waals surface area contributed by atoms with Crippen LogP contribution in [0.2, 0.25) is 0 Å². The second-order valence-electron chi connectivity index (χ2n) is 3.99. The number of allylic oxidation sites excluding steroid dienone is 3. The van der Waals surface area contributed by atoms with Crippen LogP contribution in [-0.4, -0.2) is 35.0 Å². The van der Waals surface area contributed by atoms with Crippen LogP contribution < -0.4 is 5.32 Å². The van der Waals surface area contributed by atoms with E-state index in [2.05, 4.69) is 5.32 Å². The second kappa shape index (κ2) is 5.30. The van der Waals surface area contributed by atoms with E-state index in [0.717, 1.165) is 5.70 Å². The lowest BCUT2D eigenvalue weighted by molar-refractivity contribution is -0.143. The van der Waals surface area contributed by atoms with Gasteiger partial charge in [-0.3, -0.25) is 9.59 Å². The first kappa shape index (κ1) is 12.8. The van der Waals surface area contributed by atoms with E-state index in [4.69, 9.17) is 17.0 Å². The number of carbonyl (C=O) groups is 2. The Hall–Kier alpha value is -1.69. The Kier molecular flexibility index (Phi) is 3.76. The zero-order valence-electron chi connectivity index (χ0n) is 10.0. The van der Waals surface area contributed by atoms with Crippen molar-refractivity contribution < 1.29 is 14.3 Å². The first-order chi connectivity index (χ1) is 8.63. The number of amides is 1. The molecule has 96 valence electrons. The third-order valence-corrected chi connectivity index (χ3v) is 3.15. The van der Waals surface area contributed by atoms with E-state index in [1.54, 1.807) is 11.8 Å². The van der Waals surface area contributed by atoms with Gasteiger partial charge in [0.25, 0.3) is 0 Å². The summed E-state index contributed by atoms with van der Waals surface area (Å²) >= 11 is 5.10. The molecule has 1 aliphatic heterocycles. The molecular formula is C12H14N2O3S. The Bertz CT molecular complexity index is 456. The minimum atomic E-state index is -0.356. The SMILES string of the molecule is CCOC(=O)CN1C(=S)NC(=O)C2CC=CC=C21. The third kappa shape index (κ3) is 2.43. The molecule has 1 unspecified atom stereocenters. The summed E-state index contributed by atoms with van der Waals surface area (Å²) in [6, 6.07) is 0. The highest BCUT2D eigenvalue weighted by Gasteiger charge is 2.35. The Balaban J connectivity index is 2.19. The number of fused-ring (bicyclic) bond motifs is 1. The summed E-state index contributed by atoms with van der Waals surface area (Å²) in [5, 5.41) is 2.87. The van der Waals surface area contributed by atoms with Crippen LogP contribution in [0.25, 0.3) is 0 Å². The number of hydrogen-bond acceptors (Lipinski definition) is 4. The topological polar surface area (TPSA) is 58.6 Å². The fraction of sp³-hybridized carbons (Fsp3) is 0.417. The molecule has 18 heavy (non-hydrogen) atoms. The first-order valence-corrected chi connectivity index (χ1v) is 6.19. The highest BCUT2D eigenvalue weighted by molar-refractivity contribution is 7.80. The van der Waals surface area contributed by atoms with Gasteiger partial charge >= 0.3 is 5.97 Å². The summed E-state index contributed by atoms with van der Waals surface area (Å²) in [5.41, 5.74) is 0.763. The van der Waals surface area contributed by atoms with E-state index in [0.29, 0.717) is 13.0 Å². The molecule has 0 saturated carbocycles. The van der Waals surface area contributed by atoms with Crippen molar-refractivity contribution in [3.05, 3.63) is 23.9 Å². The van der Waals surface area contributed by atoms with Crippen molar-refractivity contribution in [2.24, 2.45) is 5.92 Å². The quantitative estimate of drug-likeness (QED) is 0.603. The molecule has 1 atom stereocenters. The second-order valence-corrected chi connectivity index (χ2v) is 4.38. The predicted octanol–water partition coefficient (Wildman–Crippen LogP) is 0.726. The van der Waals surface area contributed by atoms with Gasteiger partial charge in [-0.05, 0) is 31.6 Å². The van der Waals surface area contributed by atoms with Gasteiger partial charge in [-0.15, -0.1) is 0 Å². The van der Waals surface area contributed by atoms with E-state index >= 15 is 0 Å². The van der Waals surface area contributed by atoms with Gasteiger partial charge in [0.2, 0.25) is 5.91 Å². The highest BCUT2D eigenvalue weighted by atomic mass is 32.1. The van der Waals surface area contributed by atoms with Crippen molar-refractivity contribution >= 4 is 29.2 Å². The summed E-state index contributed by atoms with van der Waals surface area (Å²) in [5.74, 6) is -0.739. The molecule has 0 aromatic rings. The van der Waals surface area contributed by atoms with Crippen LogP contribution in [0, 0.1) is 5.92 Å². The summed E-state index contributed by atoms with van der Waals surface area (Å²) in [6.45, 7) is 2.11. The van der Waals surface area contributed by atoms with Crippen molar-refractivity contribution in [2.45, 2.75) is 13.3 Å². The Labute approximate surface area is 110 Å². The van der Waals surface area contributed by atoms with Crippen molar-refractivity contribution in [3.63, 3.8) is 0 Å². The molecule has 0 spiro atoms. The number of thiocarbonyl (C=S) groups is 1. The third-order valence-electron chi connectivity index (χ3n) is 2.83. The maximum Gasteiger partial charge on any atom is 0.326 e. The van der Waals surface area contributed by atoms with Gasteiger partial charge in [0, 0.05) is 5.70 Å². The number of carbonyl (C=O) groups excluding carboxylic acids is 2. The standard InChI is InChI=1S/C12H14N2O3S/c1-2-17-10(15)7-14-9-6-4-3-5-8(9)11(16)13-12(14)18/h3-4,6,8H,2,5,7H2,1H3,(H,13,16,18). The summed E-state index contributed by atoms with van der Waals surface area (Å²) in [6.07, 6.45) is 6.23. The zero-order chi connectivity index (χ0) is 13.1. The Morgan fingerprint density at radius 2 is 2.44 bits per heavy atom. The predicted molar refractivity (Wildman–Crippen MR) is 69.4 cm³/mol. The molecule has 0 radical (unpaired) electrons. The fourth-order valence-corrected chi connectivity index (χ4v) is 2.28. The Morgan fingerprint density at radius 1 is 1.67 bits per heavy atom. The lowest BCUT2D eigenvalue weighted by atomic mass is 9.93. The fourth-order valence-electron chi connectivity index (χ4n) is 2.01. The van der Waals surface area contributed by atoms with Gasteiger partial charge in [-0.2, -0.15) is 0 Å². The van der Waals surface area contributed by atoms with Crippen LogP contribution in [0.4, 0.5) is 0 Å². The number of nitrogens with one attached hydrogen (secondary N) is 1. The molecule has 1 N–H and O–H groups in total. The van der Waals surface area contributed by atoms with Crippen LogP contribution in [0.1, 0.15) is 13.3 Å². The molecule has 1 saturated heterocycles. The van der Waals surface area contributed by atoms with Gasteiger partial charge in [0.05, 0.1) is 12.5 Å². The van der Waals surface area contributed by atoms with E-state index in [1.165, 1.54) is 0 Å². The lowest BCUT2D eigenvalue weighted by Gasteiger charge is -2.36. The zero-order valence-corrected chi connectivity index (χ0v) is 10.8. The Morgan fingerprint density at radius 3 is 3.17 bits per heavy atom. The smallest absolute Gasteiger partial charge is 0.326 e. The molecule has 0 aromatic carbocycles.